The summed E-state index contributed by atoms with van der Waals surface area (Å²) in [7, 11) is 1.56. The summed E-state index contributed by atoms with van der Waals surface area (Å²) in [5.74, 6) is 0.120. The van der Waals surface area contributed by atoms with Crippen molar-refractivity contribution in [3.63, 3.8) is 0 Å². The molecule has 0 atom stereocenters. The number of para-hydroxylation sites is 1. The molecule has 1 aliphatic heterocycles. The minimum Gasteiger partial charge on any atom is -0.487 e. The molecule has 1 fully saturated rings. The number of hydrogen-bond donors (Lipinski definition) is 2. The van der Waals surface area contributed by atoms with Crippen molar-refractivity contribution in [1.82, 2.24) is 15.2 Å². The average molecular weight is 657 g/mol. The number of aryl methyl sites for hydroxylation is 1. The van der Waals surface area contributed by atoms with Crippen molar-refractivity contribution in [3.05, 3.63) is 93.6 Å². The van der Waals surface area contributed by atoms with Gasteiger partial charge in [0.25, 0.3) is 5.91 Å². The monoisotopic (exact) mass is 655 g/mol. The predicted octanol–water partition coefficient (Wildman–Crippen LogP) is 6.87. The first kappa shape index (κ1) is 32.9. The van der Waals surface area contributed by atoms with Crippen LogP contribution in [-0.2, 0) is 11.4 Å². The summed E-state index contributed by atoms with van der Waals surface area (Å²) in [4.78, 5) is 46.0. The van der Waals surface area contributed by atoms with Gasteiger partial charge in [0.1, 0.15) is 17.9 Å². The van der Waals surface area contributed by atoms with Gasteiger partial charge < -0.3 is 25.2 Å². The van der Waals surface area contributed by atoms with Crippen molar-refractivity contribution in [2.75, 3.05) is 36.9 Å². The van der Waals surface area contributed by atoms with Crippen LogP contribution in [0.5, 0.6) is 5.75 Å². The van der Waals surface area contributed by atoms with Crippen LogP contribution in [-0.4, -0.2) is 54.4 Å². The van der Waals surface area contributed by atoms with Crippen molar-refractivity contribution in [3.8, 4) is 5.75 Å². The van der Waals surface area contributed by atoms with E-state index in [4.69, 9.17) is 27.9 Å². The number of amides is 4. The molecule has 1 aliphatic rings. The minimum absolute atomic E-state index is 0. The standard InChI is InChI=1S/C32H31Cl2N5O4.ClH/c1-20-11-12-21-7-6-10-27(30(21)36-20)43-19-24-25(33)13-14-26(29(24)34)38(2)28(40)18-35-32(42)37-23-9-5-8-22(17-23)31(41)39-15-3-4-16-39;/h5-14,17H,3-4,15-16,18-19H2,1-2H3,(H2,35,37,42);1H. The number of ether oxygens (including phenoxy) is 1. The van der Waals surface area contributed by atoms with E-state index in [0.29, 0.717) is 33.3 Å². The highest BCUT2D eigenvalue weighted by Crippen LogP contribution is 2.35. The molecule has 2 heterocycles. The Labute approximate surface area is 271 Å². The Morgan fingerprint density at radius 1 is 1.00 bits per heavy atom. The summed E-state index contributed by atoms with van der Waals surface area (Å²) >= 11 is 13.2. The molecule has 9 nitrogen and oxygen atoms in total. The van der Waals surface area contributed by atoms with Gasteiger partial charge in [-0.1, -0.05) is 47.5 Å². The van der Waals surface area contributed by atoms with E-state index in [1.807, 2.05) is 37.3 Å². The van der Waals surface area contributed by atoms with Crippen LogP contribution in [0.3, 0.4) is 0 Å². The van der Waals surface area contributed by atoms with Crippen LogP contribution in [0.2, 0.25) is 10.0 Å². The number of carbonyl (C=O) groups is 3. The molecule has 1 saturated heterocycles. The molecule has 4 aromatic rings. The first-order chi connectivity index (χ1) is 20.7. The molecule has 0 spiro atoms. The van der Waals surface area contributed by atoms with Crippen LogP contribution >= 0.6 is 35.6 Å². The predicted molar refractivity (Wildman–Crippen MR) is 177 cm³/mol. The Morgan fingerprint density at radius 2 is 1.75 bits per heavy atom. The number of hydrogen-bond acceptors (Lipinski definition) is 5. The average Bonchev–Trinajstić information content (AvgIpc) is 3.54. The lowest BCUT2D eigenvalue weighted by molar-refractivity contribution is -0.117. The normalized spacial score (nSPS) is 12.4. The number of halogens is 3. The van der Waals surface area contributed by atoms with Gasteiger partial charge >= 0.3 is 6.03 Å². The van der Waals surface area contributed by atoms with E-state index in [-0.39, 0.29) is 36.5 Å². The van der Waals surface area contributed by atoms with Crippen LogP contribution in [0, 0.1) is 6.92 Å². The first-order valence-corrected chi connectivity index (χ1v) is 14.6. The number of benzene rings is 3. The Kier molecular flexibility index (Phi) is 10.9. The van der Waals surface area contributed by atoms with Crippen molar-refractivity contribution in [2.24, 2.45) is 0 Å². The van der Waals surface area contributed by atoms with E-state index in [0.717, 1.165) is 42.5 Å². The van der Waals surface area contributed by atoms with E-state index >= 15 is 0 Å². The molecule has 12 heteroatoms. The maximum absolute atomic E-state index is 13.0. The molecule has 0 unspecified atom stereocenters. The Bertz CT molecular complexity index is 1690. The minimum atomic E-state index is -0.581. The number of aromatic nitrogens is 1. The molecule has 44 heavy (non-hydrogen) atoms. The highest BCUT2D eigenvalue weighted by atomic mass is 35.5. The number of fused-ring (bicyclic) bond motifs is 1. The molecule has 2 N–H and O–H groups in total. The number of likely N-dealkylation sites (N-methyl/N-ethyl adjacent to an activating group) is 1. The third-order valence-corrected chi connectivity index (χ3v) is 8.03. The van der Waals surface area contributed by atoms with Gasteiger partial charge in [-0.05, 0) is 62.2 Å². The zero-order chi connectivity index (χ0) is 30.5. The Balaban J connectivity index is 0.00000442. The molecular weight excluding hydrogens is 625 g/mol. The van der Waals surface area contributed by atoms with Crippen molar-refractivity contribution >= 4 is 75.7 Å². The lowest BCUT2D eigenvalue weighted by atomic mass is 10.1. The molecule has 230 valence electrons. The number of nitrogens with zero attached hydrogens (tertiary/aromatic N) is 3. The largest absolute Gasteiger partial charge is 0.487 e. The van der Waals surface area contributed by atoms with E-state index in [1.165, 1.54) is 4.90 Å². The van der Waals surface area contributed by atoms with E-state index < -0.39 is 11.9 Å². The van der Waals surface area contributed by atoms with Crippen LogP contribution in [0.25, 0.3) is 10.9 Å². The molecule has 0 radical (unpaired) electrons. The van der Waals surface area contributed by atoms with Gasteiger partial charge in [-0.15, -0.1) is 12.4 Å². The lowest BCUT2D eigenvalue weighted by Gasteiger charge is -2.21. The van der Waals surface area contributed by atoms with Gasteiger partial charge in [-0.3, -0.25) is 9.59 Å². The maximum Gasteiger partial charge on any atom is 0.319 e. The molecule has 4 amide bonds. The van der Waals surface area contributed by atoms with Gasteiger partial charge in [0.05, 0.1) is 17.3 Å². The summed E-state index contributed by atoms with van der Waals surface area (Å²) in [6, 6.07) is 19.0. The summed E-state index contributed by atoms with van der Waals surface area (Å²) in [5.41, 5.74) is 3.47. The van der Waals surface area contributed by atoms with Crippen LogP contribution in [0.4, 0.5) is 16.2 Å². The van der Waals surface area contributed by atoms with Crippen molar-refractivity contribution < 1.29 is 19.1 Å². The first-order valence-electron chi connectivity index (χ1n) is 13.9. The molecule has 3 aromatic carbocycles. The molecule has 0 aliphatic carbocycles. The Morgan fingerprint density at radius 3 is 2.52 bits per heavy atom. The van der Waals surface area contributed by atoms with Gasteiger partial charge in [0.2, 0.25) is 5.91 Å². The lowest BCUT2D eigenvalue weighted by Crippen LogP contribution is -2.40. The number of rotatable bonds is 8. The third kappa shape index (κ3) is 7.53. The number of urea groups is 1. The molecule has 1 aromatic heterocycles. The Hall–Kier alpha value is -4.05. The molecule has 0 saturated carbocycles. The fourth-order valence-corrected chi connectivity index (χ4v) is 5.48. The maximum atomic E-state index is 13.0. The van der Waals surface area contributed by atoms with Crippen molar-refractivity contribution in [1.29, 1.82) is 0 Å². The fraction of sp³-hybridized carbons (Fsp3) is 0.250. The van der Waals surface area contributed by atoms with Crippen LogP contribution < -0.4 is 20.3 Å². The smallest absolute Gasteiger partial charge is 0.319 e. The second-order valence-corrected chi connectivity index (χ2v) is 11.1. The second kappa shape index (κ2) is 14.6. The topological polar surface area (TPSA) is 104 Å². The van der Waals surface area contributed by atoms with E-state index in [1.54, 1.807) is 48.3 Å². The third-order valence-electron chi connectivity index (χ3n) is 7.26. The van der Waals surface area contributed by atoms with E-state index in [9.17, 15) is 14.4 Å². The van der Waals surface area contributed by atoms with Gasteiger partial charge in [-0.2, -0.15) is 0 Å². The fourth-order valence-electron chi connectivity index (χ4n) is 4.88. The number of carbonyl (C=O) groups excluding carboxylic acids is 3. The van der Waals surface area contributed by atoms with Gasteiger partial charge in [-0.25, -0.2) is 9.78 Å². The van der Waals surface area contributed by atoms with Crippen molar-refractivity contribution in [2.45, 2.75) is 26.4 Å². The quantitative estimate of drug-likeness (QED) is 0.215. The molecular formula is C32H32Cl3N5O4. The molecule has 0 bridgehead atoms. The second-order valence-electron chi connectivity index (χ2n) is 10.3. The van der Waals surface area contributed by atoms with Gasteiger partial charge in [0, 0.05) is 53.1 Å². The van der Waals surface area contributed by atoms with Crippen LogP contribution in [0.1, 0.15) is 34.5 Å². The highest BCUT2D eigenvalue weighted by Gasteiger charge is 2.21. The summed E-state index contributed by atoms with van der Waals surface area (Å²) in [5, 5.41) is 6.84. The number of likely N-dealkylation sites (tertiary alicyclic amines) is 1. The van der Waals surface area contributed by atoms with Gasteiger partial charge in [0.15, 0.2) is 0 Å². The zero-order valence-corrected chi connectivity index (χ0v) is 26.6. The molecule has 5 rings (SSSR count). The SMILES string of the molecule is Cc1ccc2cccc(OCc3c(Cl)ccc(N(C)C(=O)CNC(=O)Nc4cccc(C(=O)N5CCCC5)c4)c3Cl)c2n1.Cl. The number of nitrogens with one attached hydrogen (secondary N) is 2. The summed E-state index contributed by atoms with van der Waals surface area (Å²) < 4.78 is 6.08. The number of anilines is 2. The summed E-state index contributed by atoms with van der Waals surface area (Å²) in [6.07, 6.45) is 1.99. The van der Waals surface area contributed by atoms with Crippen LogP contribution in [0.15, 0.2) is 66.7 Å². The van der Waals surface area contributed by atoms with E-state index in [2.05, 4.69) is 15.6 Å². The summed E-state index contributed by atoms with van der Waals surface area (Å²) in [6.45, 7) is 3.15. The highest BCUT2D eigenvalue weighted by molar-refractivity contribution is 6.38. The zero-order valence-electron chi connectivity index (χ0n) is 24.2. The number of pyridine rings is 1.